The first-order chi connectivity index (χ1) is 17.9. The predicted molar refractivity (Wildman–Crippen MR) is 158 cm³/mol. The van der Waals surface area contributed by atoms with Gasteiger partial charge in [0.05, 0.1) is 28.2 Å². The van der Waals surface area contributed by atoms with Crippen LogP contribution in [0.25, 0.3) is 16.8 Å². The molecule has 1 amide bonds. The Balaban J connectivity index is 2.06. The summed E-state index contributed by atoms with van der Waals surface area (Å²) >= 11 is 0. The van der Waals surface area contributed by atoms with Gasteiger partial charge in [-0.25, -0.2) is 13.5 Å². The lowest BCUT2D eigenvalue weighted by molar-refractivity contribution is -0.112. The van der Waals surface area contributed by atoms with Crippen LogP contribution in [-0.2, 0) is 15.8 Å². The van der Waals surface area contributed by atoms with Crippen molar-refractivity contribution in [3.8, 4) is 11.3 Å². The molecule has 1 unspecified atom stereocenters. The van der Waals surface area contributed by atoms with Gasteiger partial charge in [-0.05, 0) is 70.9 Å². The van der Waals surface area contributed by atoms with Crippen LogP contribution in [0.2, 0.25) is 0 Å². The number of nitrogens with one attached hydrogen (secondary N) is 1. The molecule has 0 aliphatic rings. The van der Waals surface area contributed by atoms with Gasteiger partial charge in [0.25, 0.3) is 5.91 Å². The van der Waals surface area contributed by atoms with E-state index >= 15 is 0 Å². The number of unbranched alkanes of at least 4 members (excludes halogenated alkanes) is 1. The molecule has 0 bridgehead atoms. The van der Waals surface area contributed by atoms with Crippen molar-refractivity contribution in [2.75, 3.05) is 12.4 Å². The number of hydrogen-bond donors (Lipinski definition) is 1. The van der Waals surface area contributed by atoms with E-state index in [4.69, 9.17) is 4.98 Å². The Labute approximate surface area is 229 Å². The van der Waals surface area contributed by atoms with Gasteiger partial charge in [0.2, 0.25) is 0 Å². The zero-order valence-corrected chi connectivity index (χ0v) is 24.3. The summed E-state index contributed by atoms with van der Waals surface area (Å²) in [4.78, 5) is 22.6. The number of amides is 1. The molecule has 1 atom stereocenters. The smallest absolute Gasteiger partial charge is 0.250 e. The molecule has 200 valence electrons. The number of allylic oxidation sites excluding steroid dienone is 1. The number of hydrogen-bond acceptors (Lipinski definition) is 4. The summed E-state index contributed by atoms with van der Waals surface area (Å²) in [5, 5.41) is 2.86. The Morgan fingerprint density at radius 2 is 1.87 bits per heavy atom. The van der Waals surface area contributed by atoms with Crippen molar-refractivity contribution >= 4 is 28.2 Å². The highest BCUT2D eigenvalue weighted by atomic mass is 32.2. The van der Waals surface area contributed by atoms with Crippen molar-refractivity contribution in [3.05, 3.63) is 89.9 Å². The maximum atomic E-state index is 13.3. The first kappa shape index (κ1) is 29.1. The molecule has 0 radical (unpaired) electrons. The molecular formula is C31H38N4O2S. The van der Waals surface area contributed by atoms with Gasteiger partial charge >= 0.3 is 0 Å². The van der Waals surface area contributed by atoms with Crippen molar-refractivity contribution in [1.82, 2.24) is 14.3 Å². The van der Waals surface area contributed by atoms with Crippen LogP contribution in [0.3, 0.4) is 0 Å². The SMILES string of the molecule is C=C(C)C(=O)Nc1cccc(-c2cnc(C)c(/C(=C\CCC)c3cccc(S(=O)N(C)C(C)(C)C)c3)n2)c1. The Bertz CT molecular complexity index is 1390. The fourth-order valence-corrected chi connectivity index (χ4v) is 4.89. The third-order valence-corrected chi connectivity index (χ3v) is 7.89. The Kier molecular flexibility index (Phi) is 9.52. The van der Waals surface area contributed by atoms with E-state index in [0.29, 0.717) is 17.0 Å². The number of nitrogens with zero attached hydrogens (tertiary/aromatic N) is 3. The third-order valence-electron chi connectivity index (χ3n) is 6.19. The number of carbonyl (C=O) groups is 1. The van der Waals surface area contributed by atoms with Crippen LogP contribution < -0.4 is 5.32 Å². The average Bonchev–Trinajstić information content (AvgIpc) is 2.88. The lowest BCUT2D eigenvalue weighted by Gasteiger charge is -2.30. The van der Waals surface area contributed by atoms with Crippen molar-refractivity contribution in [1.29, 1.82) is 0 Å². The van der Waals surface area contributed by atoms with Gasteiger partial charge in [0.15, 0.2) is 0 Å². The number of rotatable bonds is 9. The molecule has 38 heavy (non-hydrogen) atoms. The summed E-state index contributed by atoms with van der Waals surface area (Å²) in [6, 6.07) is 15.4. The minimum absolute atomic E-state index is 0.225. The van der Waals surface area contributed by atoms with E-state index in [9.17, 15) is 9.00 Å². The summed E-state index contributed by atoms with van der Waals surface area (Å²) in [7, 11) is 0.570. The molecule has 3 rings (SSSR count). The maximum absolute atomic E-state index is 13.3. The molecule has 0 aliphatic heterocycles. The number of carbonyl (C=O) groups excluding carboxylic acids is 1. The van der Waals surface area contributed by atoms with Gasteiger partial charge in [-0.3, -0.25) is 9.78 Å². The Hall–Kier alpha value is -3.42. The van der Waals surface area contributed by atoms with E-state index in [-0.39, 0.29) is 11.4 Å². The van der Waals surface area contributed by atoms with Crippen LogP contribution in [0.4, 0.5) is 5.69 Å². The molecule has 0 aliphatic carbocycles. The second kappa shape index (κ2) is 12.4. The highest BCUT2D eigenvalue weighted by Crippen LogP contribution is 2.30. The first-order valence-electron chi connectivity index (χ1n) is 12.8. The molecule has 0 saturated heterocycles. The standard InChI is InChI=1S/C31H38N4O2S/c1-9-10-17-27(23-13-12-16-26(19-23)38(37)35(8)31(5,6)7)29-22(4)32-20-28(34-29)24-14-11-15-25(18-24)33-30(36)21(2)3/h11-20H,2,9-10H2,1,3-8H3,(H,33,36)/b27-17-. The number of benzene rings is 2. The van der Waals surface area contributed by atoms with Gasteiger partial charge in [0.1, 0.15) is 11.0 Å². The van der Waals surface area contributed by atoms with E-state index in [1.165, 1.54) is 0 Å². The zero-order valence-electron chi connectivity index (χ0n) is 23.5. The van der Waals surface area contributed by atoms with Crippen molar-refractivity contribution < 1.29 is 9.00 Å². The highest BCUT2D eigenvalue weighted by molar-refractivity contribution is 7.82. The summed E-state index contributed by atoms with van der Waals surface area (Å²) in [6.45, 7) is 15.6. The molecule has 6 nitrogen and oxygen atoms in total. The van der Waals surface area contributed by atoms with Gasteiger partial charge in [-0.1, -0.05) is 50.3 Å². The quantitative estimate of drug-likeness (QED) is 0.304. The minimum atomic E-state index is -1.31. The number of aromatic nitrogens is 2. The molecule has 0 spiro atoms. The summed E-state index contributed by atoms with van der Waals surface area (Å²) in [6.07, 6.45) is 5.79. The fourth-order valence-electron chi connectivity index (χ4n) is 3.66. The molecule has 1 aromatic heterocycles. The lowest BCUT2D eigenvalue weighted by atomic mass is 9.99. The molecule has 2 aromatic carbocycles. The van der Waals surface area contributed by atoms with E-state index in [1.807, 2.05) is 87.6 Å². The largest absolute Gasteiger partial charge is 0.322 e. The number of anilines is 1. The van der Waals surface area contributed by atoms with Gasteiger partial charge in [-0.15, -0.1) is 0 Å². The minimum Gasteiger partial charge on any atom is -0.322 e. The van der Waals surface area contributed by atoms with Crippen LogP contribution >= 0.6 is 0 Å². The molecule has 7 heteroatoms. The fraction of sp³-hybridized carbons (Fsp3) is 0.323. The number of aryl methyl sites for hydroxylation is 1. The summed E-state index contributed by atoms with van der Waals surface area (Å²) in [5.74, 6) is -0.225. The molecule has 0 saturated carbocycles. The average molecular weight is 531 g/mol. The van der Waals surface area contributed by atoms with Crippen molar-refractivity contribution in [2.24, 2.45) is 0 Å². The maximum Gasteiger partial charge on any atom is 0.250 e. The van der Waals surface area contributed by atoms with Crippen LogP contribution in [0.5, 0.6) is 0 Å². The normalized spacial score (nSPS) is 12.9. The highest BCUT2D eigenvalue weighted by Gasteiger charge is 2.24. The molecule has 0 fully saturated rings. The van der Waals surface area contributed by atoms with Gasteiger partial charge < -0.3 is 5.32 Å². The van der Waals surface area contributed by atoms with E-state index in [2.05, 4.69) is 29.9 Å². The topological polar surface area (TPSA) is 75.2 Å². The van der Waals surface area contributed by atoms with Gasteiger partial charge in [-0.2, -0.15) is 0 Å². The van der Waals surface area contributed by atoms with Crippen molar-refractivity contribution in [3.63, 3.8) is 0 Å². The van der Waals surface area contributed by atoms with Crippen LogP contribution in [0.15, 0.2) is 77.9 Å². The second-order valence-corrected chi connectivity index (χ2v) is 11.9. The molecule has 1 heterocycles. The van der Waals surface area contributed by atoms with Gasteiger partial charge in [0, 0.05) is 35.0 Å². The summed E-state index contributed by atoms with van der Waals surface area (Å²) < 4.78 is 15.2. The zero-order chi connectivity index (χ0) is 28.0. The lowest BCUT2D eigenvalue weighted by Crippen LogP contribution is -2.39. The Morgan fingerprint density at radius 1 is 1.16 bits per heavy atom. The Morgan fingerprint density at radius 3 is 2.53 bits per heavy atom. The van der Waals surface area contributed by atoms with Crippen LogP contribution in [-0.4, -0.2) is 37.0 Å². The van der Waals surface area contributed by atoms with Crippen LogP contribution in [0.1, 0.15) is 64.4 Å². The molecule has 3 aromatic rings. The van der Waals surface area contributed by atoms with Crippen LogP contribution in [0, 0.1) is 6.92 Å². The molecular weight excluding hydrogens is 492 g/mol. The van der Waals surface area contributed by atoms with Crippen molar-refractivity contribution in [2.45, 2.75) is 64.8 Å². The first-order valence-corrected chi connectivity index (χ1v) is 13.9. The third kappa shape index (κ3) is 7.11. The predicted octanol–water partition coefficient (Wildman–Crippen LogP) is 6.95. The summed E-state index contributed by atoms with van der Waals surface area (Å²) in [5.41, 5.74) is 5.90. The van der Waals surface area contributed by atoms with E-state index in [1.54, 1.807) is 13.1 Å². The van der Waals surface area contributed by atoms with E-state index < -0.39 is 11.0 Å². The second-order valence-electron chi connectivity index (χ2n) is 10.4. The monoisotopic (exact) mass is 530 g/mol. The van der Waals surface area contributed by atoms with E-state index in [0.717, 1.165) is 45.8 Å². The molecule has 1 N–H and O–H groups in total.